The number of rotatable bonds is 3. The second kappa shape index (κ2) is 5.08. The molecule has 0 aliphatic carbocycles. The largest absolute Gasteiger partial charge is 0.466 e. The van der Waals surface area contributed by atoms with E-state index in [1.165, 1.54) is 7.11 Å². The molecule has 2 rings (SSSR count). The summed E-state index contributed by atoms with van der Waals surface area (Å²) in [5.41, 5.74) is 2.17. The van der Waals surface area contributed by atoms with Crippen molar-refractivity contribution in [2.75, 3.05) is 7.11 Å². The summed E-state index contributed by atoms with van der Waals surface area (Å²) in [5, 5.41) is 2.63. The SMILES string of the molecule is COC(=O)[C@H]1OC(=O)N[C@H]1Cc1cccc(C)c1. The molecule has 0 radical (unpaired) electrons. The van der Waals surface area contributed by atoms with Crippen LogP contribution < -0.4 is 5.32 Å². The lowest BCUT2D eigenvalue weighted by Gasteiger charge is -2.14. The normalized spacial score (nSPS) is 22.2. The number of aryl methyl sites for hydroxylation is 1. The minimum atomic E-state index is -0.872. The molecule has 0 spiro atoms. The van der Waals surface area contributed by atoms with Crippen molar-refractivity contribution < 1.29 is 19.1 Å². The molecule has 1 aromatic rings. The monoisotopic (exact) mass is 249 g/mol. The third-order valence-electron chi connectivity index (χ3n) is 2.87. The van der Waals surface area contributed by atoms with E-state index in [4.69, 9.17) is 4.74 Å². The molecule has 0 unspecified atom stereocenters. The van der Waals surface area contributed by atoms with Crippen LogP contribution in [0.1, 0.15) is 11.1 Å². The quantitative estimate of drug-likeness (QED) is 0.817. The Labute approximate surface area is 105 Å². The zero-order chi connectivity index (χ0) is 13.1. The maximum atomic E-state index is 11.5. The van der Waals surface area contributed by atoms with Gasteiger partial charge in [0.15, 0.2) is 0 Å². The minimum Gasteiger partial charge on any atom is -0.466 e. The van der Waals surface area contributed by atoms with Crippen molar-refractivity contribution in [3.8, 4) is 0 Å². The number of hydrogen-bond donors (Lipinski definition) is 1. The van der Waals surface area contributed by atoms with Gasteiger partial charge in [-0.25, -0.2) is 9.59 Å². The molecule has 1 N–H and O–H groups in total. The van der Waals surface area contributed by atoms with Crippen molar-refractivity contribution in [1.29, 1.82) is 0 Å². The average molecular weight is 249 g/mol. The van der Waals surface area contributed by atoms with Crippen molar-refractivity contribution in [2.24, 2.45) is 0 Å². The summed E-state index contributed by atoms with van der Waals surface area (Å²) in [6, 6.07) is 7.51. The third-order valence-corrected chi connectivity index (χ3v) is 2.87. The molecule has 2 atom stereocenters. The Morgan fingerprint density at radius 3 is 2.94 bits per heavy atom. The number of cyclic esters (lactones) is 1. The van der Waals surface area contributed by atoms with E-state index >= 15 is 0 Å². The minimum absolute atomic E-state index is 0.383. The molecule has 5 heteroatoms. The summed E-state index contributed by atoms with van der Waals surface area (Å²) in [5.74, 6) is -0.536. The number of esters is 1. The molecule has 0 bridgehead atoms. The highest BCUT2D eigenvalue weighted by molar-refractivity contribution is 5.83. The number of benzene rings is 1. The number of methoxy groups -OCH3 is 1. The standard InChI is InChI=1S/C13H15NO4/c1-8-4-3-5-9(6-8)7-10-11(12(15)17-2)18-13(16)14-10/h3-6,10-11H,7H2,1-2H3,(H,14,16)/t10-,11-/m0/s1. The molecule has 0 saturated carbocycles. The molecular weight excluding hydrogens is 234 g/mol. The predicted octanol–water partition coefficient (Wildman–Crippen LogP) is 1.19. The number of hydrogen-bond acceptors (Lipinski definition) is 4. The van der Waals surface area contributed by atoms with E-state index in [0.717, 1.165) is 11.1 Å². The van der Waals surface area contributed by atoms with Gasteiger partial charge in [0.05, 0.1) is 13.2 Å². The van der Waals surface area contributed by atoms with Gasteiger partial charge >= 0.3 is 12.1 Å². The molecule has 1 aliphatic heterocycles. The number of carbonyl (C=O) groups excluding carboxylic acids is 2. The Hall–Kier alpha value is -2.04. The van der Waals surface area contributed by atoms with E-state index in [9.17, 15) is 9.59 Å². The first kappa shape index (κ1) is 12.4. The fraction of sp³-hybridized carbons (Fsp3) is 0.385. The second-order valence-electron chi connectivity index (χ2n) is 4.29. The van der Waals surface area contributed by atoms with Gasteiger partial charge in [-0.05, 0) is 18.9 Å². The summed E-state index contributed by atoms with van der Waals surface area (Å²) in [7, 11) is 1.28. The van der Waals surface area contributed by atoms with Gasteiger partial charge in [0.1, 0.15) is 0 Å². The lowest BCUT2D eigenvalue weighted by atomic mass is 10.0. The van der Waals surface area contributed by atoms with Crippen LogP contribution in [-0.4, -0.2) is 31.3 Å². The lowest BCUT2D eigenvalue weighted by Crippen LogP contribution is -2.38. The topological polar surface area (TPSA) is 64.6 Å². The fourth-order valence-electron chi connectivity index (χ4n) is 2.04. The Morgan fingerprint density at radius 1 is 1.50 bits per heavy atom. The Morgan fingerprint density at radius 2 is 2.28 bits per heavy atom. The van der Waals surface area contributed by atoms with Crippen molar-refractivity contribution in [2.45, 2.75) is 25.5 Å². The Bertz CT molecular complexity index is 472. The molecular formula is C13H15NO4. The Kier molecular flexibility index (Phi) is 3.50. The molecule has 5 nitrogen and oxygen atoms in total. The first-order valence-electron chi connectivity index (χ1n) is 5.70. The van der Waals surface area contributed by atoms with Crippen molar-refractivity contribution >= 4 is 12.1 Å². The van der Waals surface area contributed by atoms with Crippen LogP contribution in [0.3, 0.4) is 0 Å². The maximum absolute atomic E-state index is 11.5. The van der Waals surface area contributed by atoms with E-state index in [-0.39, 0.29) is 6.04 Å². The van der Waals surface area contributed by atoms with Crippen molar-refractivity contribution in [3.63, 3.8) is 0 Å². The number of carbonyl (C=O) groups is 2. The average Bonchev–Trinajstić information content (AvgIpc) is 2.69. The lowest BCUT2D eigenvalue weighted by molar-refractivity contribution is -0.149. The van der Waals surface area contributed by atoms with E-state index in [2.05, 4.69) is 10.1 Å². The molecule has 1 aliphatic rings. The first-order valence-corrected chi connectivity index (χ1v) is 5.70. The van der Waals surface area contributed by atoms with Crippen LogP contribution in [0.15, 0.2) is 24.3 Å². The third kappa shape index (κ3) is 2.61. The van der Waals surface area contributed by atoms with Gasteiger partial charge in [-0.15, -0.1) is 0 Å². The number of alkyl carbamates (subject to hydrolysis) is 1. The molecule has 18 heavy (non-hydrogen) atoms. The van der Waals surface area contributed by atoms with E-state index in [1.807, 2.05) is 31.2 Å². The maximum Gasteiger partial charge on any atom is 0.408 e. The highest BCUT2D eigenvalue weighted by atomic mass is 16.6. The van der Waals surface area contributed by atoms with Crippen LogP contribution in [0.4, 0.5) is 4.79 Å². The highest BCUT2D eigenvalue weighted by Crippen LogP contribution is 2.16. The van der Waals surface area contributed by atoms with Gasteiger partial charge in [0.2, 0.25) is 6.10 Å². The molecule has 96 valence electrons. The Balaban J connectivity index is 2.12. The van der Waals surface area contributed by atoms with Gasteiger partial charge in [-0.3, -0.25) is 0 Å². The summed E-state index contributed by atoms with van der Waals surface area (Å²) >= 11 is 0. The fourth-order valence-corrected chi connectivity index (χ4v) is 2.04. The summed E-state index contributed by atoms with van der Waals surface area (Å²) in [6.45, 7) is 1.99. The smallest absolute Gasteiger partial charge is 0.408 e. The van der Waals surface area contributed by atoms with Crippen LogP contribution in [0.5, 0.6) is 0 Å². The van der Waals surface area contributed by atoms with E-state index in [1.54, 1.807) is 0 Å². The van der Waals surface area contributed by atoms with Crippen LogP contribution in [0.25, 0.3) is 0 Å². The van der Waals surface area contributed by atoms with Crippen LogP contribution >= 0.6 is 0 Å². The zero-order valence-corrected chi connectivity index (χ0v) is 10.3. The summed E-state index contributed by atoms with van der Waals surface area (Å²) < 4.78 is 9.52. The molecule has 1 aromatic carbocycles. The van der Waals surface area contributed by atoms with Crippen LogP contribution in [0, 0.1) is 6.92 Å². The van der Waals surface area contributed by atoms with Gasteiger partial charge in [0, 0.05) is 0 Å². The molecule has 0 aromatic heterocycles. The van der Waals surface area contributed by atoms with Gasteiger partial charge < -0.3 is 14.8 Å². The first-order chi connectivity index (χ1) is 8.60. The summed E-state index contributed by atoms with van der Waals surface area (Å²) in [4.78, 5) is 22.7. The molecule has 1 fully saturated rings. The highest BCUT2D eigenvalue weighted by Gasteiger charge is 2.40. The van der Waals surface area contributed by atoms with Crippen molar-refractivity contribution in [3.05, 3.63) is 35.4 Å². The molecule has 1 heterocycles. The van der Waals surface area contributed by atoms with Gasteiger partial charge in [-0.1, -0.05) is 29.8 Å². The van der Waals surface area contributed by atoms with E-state index < -0.39 is 18.2 Å². The van der Waals surface area contributed by atoms with E-state index in [0.29, 0.717) is 6.42 Å². The number of amides is 1. The number of nitrogens with one attached hydrogen (secondary N) is 1. The van der Waals surface area contributed by atoms with Crippen LogP contribution in [0.2, 0.25) is 0 Å². The zero-order valence-electron chi connectivity index (χ0n) is 10.3. The van der Waals surface area contributed by atoms with Crippen LogP contribution in [-0.2, 0) is 20.7 Å². The van der Waals surface area contributed by atoms with Gasteiger partial charge in [0.25, 0.3) is 0 Å². The number of ether oxygens (including phenoxy) is 2. The second-order valence-corrected chi connectivity index (χ2v) is 4.29. The summed E-state index contributed by atoms with van der Waals surface area (Å²) in [6.07, 6.45) is -0.918. The molecule has 1 saturated heterocycles. The molecule has 1 amide bonds. The van der Waals surface area contributed by atoms with Crippen molar-refractivity contribution in [1.82, 2.24) is 5.32 Å². The van der Waals surface area contributed by atoms with Gasteiger partial charge in [-0.2, -0.15) is 0 Å². The predicted molar refractivity (Wildman–Crippen MR) is 64.1 cm³/mol.